The Morgan fingerprint density at radius 1 is 1.12 bits per heavy atom. The smallest absolute Gasteiger partial charge is 0.293 e. The molecule has 3 amide bonds. The molecule has 3 aromatic rings. The highest BCUT2D eigenvalue weighted by Crippen LogP contribution is 2.32. The Bertz CT molecular complexity index is 1160. The van der Waals surface area contributed by atoms with Crippen molar-refractivity contribution >= 4 is 34.9 Å². The maximum Gasteiger partial charge on any atom is 0.293 e. The second-order valence-electron chi connectivity index (χ2n) is 6.86. The van der Waals surface area contributed by atoms with Crippen LogP contribution in [0.5, 0.6) is 5.75 Å². The number of hydrogen-bond acceptors (Lipinski definition) is 6. The average Bonchev–Trinajstić information content (AvgIpc) is 3.44. The van der Waals surface area contributed by atoms with Crippen LogP contribution in [0.1, 0.15) is 15.9 Å². The number of hydrogen-bond donors (Lipinski definition) is 1. The van der Waals surface area contributed by atoms with Crippen LogP contribution in [-0.4, -0.2) is 51.9 Å². The molecule has 0 atom stereocenters. The number of amides is 3. The summed E-state index contributed by atoms with van der Waals surface area (Å²) in [6, 6.07) is 16.0. The van der Waals surface area contributed by atoms with Crippen LogP contribution in [0, 0.1) is 0 Å². The van der Waals surface area contributed by atoms with E-state index < -0.39 is 0 Å². The molecular weight excluding hydrogens is 428 g/mol. The van der Waals surface area contributed by atoms with E-state index in [-0.39, 0.29) is 30.1 Å². The van der Waals surface area contributed by atoms with Crippen LogP contribution in [0.4, 0.5) is 4.79 Å². The van der Waals surface area contributed by atoms with Crippen molar-refractivity contribution in [2.45, 2.75) is 0 Å². The number of methoxy groups -OCH3 is 1. The molecule has 1 aromatic heterocycles. The van der Waals surface area contributed by atoms with Crippen molar-refractivity contribution in [3.8, 4) is 11.4 Å². The number of imide groups is 1. The van der Waals surface area contributed by atoms with Gasteiger partial charge in [-0.1, -0.05) is 12.1 Å². The van der Waals surface area contributed by atoms with Gasteiger partial charge in [0.2, 0.25) is 0 Å². The highest BCUT2D eigenvalue weighted by atomic mass is 32.2. The summed E-state index contributed by atoms with van der Waals surface area (Å²) in [5, 5.41) is 6.54. The standard InChI is InChI=1S/C23H20N4O4S/c1-31-19-9-3-16(4-10-19)15-20-22(29)26(23(30)32-20)14-12-24-21(28)17-5-7-18(8-6-17)27-13-2-11-25-27/h2-11,13,15H,12,14H2,1H3,(H,24,28). The minimum atomic E-state index is -0.367. The van der Waals surface area contributed by atoms with Crippen LogP contribution >= 0.6 is 11.8 Å². The van der Waals surface area contributed by atoms with E-state index in [0.717, 1.165) is 27.9 Å². The van der Waals surface area contributed by atoms with Crippen molar-refractivity contribution in [3.05, 3.63) is 83.0 Å². The van der Waals surface area contributed by atoms with Gasteiger partial charge >= 0.3 is 0 Å². The van der Waals surface area contributed by atoms with Crippen LogP contribution in [-0.2, 0) is 4.79 Å². The normalized spacial score (nSPS) is 14.8. The Morgan fingerprint density at radius 3 is 2.53 bits per heavy atom. The lowest BCUT2D eigenvalue weighted by Crippen LogP contribution is -2.37. The van der Waals surface area contributed by atoms with Gasteiger partial charge in [0.15, 0.2) is 0 Å². The van der Waals surface area contributed by atoms with Gasteiger partial charge in [0.1, 0.15) is 5.75 Å². The molecule has 1 aliphatic rings. The number of thioether (sulfide) groups is 1. The molecule has 1 saturated heterocycles. The molecule has 1 fully saturated rings. The van der Waals surface area contributed by atoms with Gasteiger partial charge < -0.3 is 10.1 Å². The zero-order chi connectivity index (χ0) is 22.5. The Balaban J connectivity index is 1.32. The fourth-order valence-electron chi connectivity index (χ4n) is 3.11. The molecule has 4 rings (SSSR count). The molecule has 2 heterocycles. The van der Waals surface area contributed by atoms with E-state index in [2.05, 4.69) is 10.4 Å². The topological polar surface area (TPSA) is 93.5 Å². The fourth-order valence-corrected chi connectivity index (χ4v) is 3.98. The van der Waals surface area contributed by atoms with Gasteiger partial charge in [-0.2, -0.15) is 5.10 Å². The SMILES string of the molecule is COc1ccc(C=C2SC(=O)N(CCNC(=O)c3ccc(-n4cccn4)cc3)C2=O)cc1. The molecule has 8 nitrogen and oxygen atoms in total. The highest BCUT2D eigenvalue weighted by molar-refractivity contribution is 8.18. The van der Waals surface area contributed by atoms with Gasteiger partial charge in [-0.3, -0.25) is 19.3 Å². The minimum absolute atomic E-state index is 0.0989. The van der Waals surface area contributed by atoms with Gasteiger partial charge in [0.25, 0.3) is 17.1 Å². The Morgan fingerprint density at radius 2 is 1.88 bits per heavy atom. The molecule has 0 aliphatic carbocycles. The van der Waals surface area contributed by atoms with E-state index in [9.17, 15) is 14.4 Å². The monoisotopic (exact) mass is 448 g/mol. The fraction of sp³-hybridized carbons (Fsp3) is 0.130. The molecule has 0 radical (unpaired) electrons. The number of benzene rings is 2. The first-order valence-electron chi connectivity index (χ1n) is 9.83. The summed E-state index contributed by atoms with van der Waals surface area (Å²) in [7, 11) is 1.58. The number of carbonyl (C=O) groups excluding carboxylic acids is 3. The molecule has 32 heavy (non-hydrogen) atoms. The number of aromatic nitrogens is 2. The lowest BCUT2D eigenvalue weighted by atomic mass is 10.2. The molecule has 162 valence electrons. The van der Waals surface area contributed by atoms with Crippen LogP contribution in [0.2, 0.25) is 0 Å². The van der Waals surface area contributed by atoms with Crippen LogP contribution in [0.3, 0.4) is 0 Å². The van der Waals surface area contributed by atoms with Crippen molar-refractivity contribution in [1.29, 1.82) is 0 Å². The Labute approximate surface area is 188 Å². The van der Waals surface area contributed by atoms with Crippen molar-refractivity contribution in [2.24, 2.45) is 0 Å². The molecule has 0 spiro atoms. The summed E-state index contributed by atoms with van der Waals surface area (Å²) >= 11 is 0.888. The molecule has 0 bridgehead atoms. The average molecular weight is 449 g/mol. The first-order valence-corrected chi connectivity index (χ1v) is 10.6. The van der Waals surface area contributed by atoms with Gasteiger partial charge in [-0.15, -0.1) is 0 Å². The van der Waals surface area contributed by atoms with Crippen molar-refractivity contribution in [3.63, 3.8) is 0 Å². The number of nitrogens with one attached hydrogen (secondary N) is 1. The van der Waals surface area contributed by atoms with Crippen molar-refractivity contribution in [2.75, 3.05) is 20.2 Å². The zero-order valence-corrected chi connectivity index (χ0v) is 18.0. The number of carbonyl (C=O) groups is 3. The number of ether oxygens (including phenoxy) is 1. The highest BCUT2D eigenvalue weighted by Gasteiger charge is 2.34. The number of nitrogens with zero attached hydrogens (tertiary/aromatic N) is 3. The zero-order valence-electron chi connectivity index (χ0n) is 17.2. The van der Waals surface area contributed by atoms with E-state index in [1.54, 1.807) is 60.5 Å². The lowest BCUT2D eigenvalue weighted by molar-refractivity contribution is -0.122. The summed E-state index contributed by atoms with van der Waals surface area (Å²) in [6.45, 7) is 0.259. The molecular formula is C23H20N4O4S. The third-order valence-corrected chi connectivity index (χ3v) is 5.71. The van der Waals surface area contributed by atoms with Crippen molar-refractivity contribution < 1.29 is 19.1 Å². The summed E-state index contributed by atoms with van der Waals surface area (Å²) in [6.07, 6.45) is 5.16. The second-order valence-corrected chi connectivity index (χ2v) is 7.85. The van der Waals surface area contributed by atoms with E-state index in [1.807, 2.05) is 24.4 Å². The van der Waals surface area contributed by atoms with Crippen LogP contribution < -0.4 is 10.1 Å². The van der Waals surface area contributed by atoms with E-state index >= 15 is 0 Å². The summed E-state index contributed by atoms with van der Waals surface area (Å²) < 4.78 is 6.81. The van der Waals surface area contributed by atoms with Gasteiger partial charge in [-0.05, 0) is 65.9 Å². The molecule has 1 N–H and O–H groups in total. The maximum absolute atomic E-state index is 12.6. The second kappa shape index (κ2) is 9.52. The minimum Gasteiger partial charge on any atom is -0.497 e. The quantitative estimate of drug-likeness (QED) is 0.557. The molecule has 0 saturated carbocycles. The van der Waals surface area contributed by atoms with Crippen LogP contribution in [0.15, 0.2) is 71.9 Å². The van der Waals surface area contributed by atoms with E-state index in [4.69, 9.17) is 4.74 Å². The van der Waals surface area contributed by atoms with Crippen molar-refractivity contribution in [1.82, 2.24) is 20.0 Å². The Kier molecular flexibility index (Phi) is 6.37. The predicted molar refractivity (Wildman–Crippen MR) is 122 cm³/mol. The molecule has 9 heteroatoms. The number of rotatable bonds is 7. The Hall–Kier alpha value is -3.85. The summed E-state index contributed by atoms with van der Waals surface area (Å²) in [5.74, 6) is 0.0634. The van der Waals surface area contributed by atoms with Gasteiger partial charge in [0, 0.05) is 31.0 Å². The third-order valence-electron chi connectivity index (χ3n) is 4.81. The first kappa shape index (κ1) is 21.4. The van der Waals surface area contributed by atoms with Gasteiger partial charge in [0.05, 0.1) is 17.7 Å². The molecule has 0 unspecified atom stereocenters. The lowest BCUT2D eigenvalue weighted by Gasteiger charge is -2.13. The molecule has 1 aliphatic heterocycles. The van der Waals surface area contributed by atoms with Gasteiger partial charge in [-0.25, -0.2) is 4.68 Å². The van der Waals surface area contributed by atoms with E-state index in [1.165, 1.54) is 0 Å². The van der Waals surface area contributed by atoms with Crippen LogP contribution in [0.25, 0.3) is 11.8 Å². The summed E-state index contributed by atoms with van der Waals surface area (Å²) in [4.78, 5) is 38.8. The predicted octanol–water partition coefficient (Wildman–Crippen LogP) is 3.35. The molecule has 2 aromatic carbocycles. The maximum atomic E-state index is 12.6. The summed E-state index contributed by atoms with van der Waals surface area (Å²) in [5.41, 5.74) is 2.12. The third kappa shape index (κ3) is 4.73. The largest absolute Gasteiger partial charge is 0.497 e. The van der Waals surface area contributed by atoms with E-state index in [0.29, 0.717) is 16.2 Å². The first-order chi connectivity index (χ1) is 15.5.